The number of carbonyl (C=O) groups is 4. The molecule has 0 atom stereocenters. The smallest absolute Gasteiger partial charge is 0.870 e. The van der Waals surface area contributed by atoms with Crippen molar-refractivity contribution in [3.63, 3.8) is 0 Å². The van der Waals surface area contributed by atoms with Crippen LogP contribution in [0.3, 0.4) is 0 Å². The van der Waals surface area contributed by atoms with Gasteiger partial charge in [0.15, 0.2) is 23.0 Å². The molecule has 40 nitrogen and oxygen atoms in total. The topological polar surface area (TPSA) is 464 Å². The van der Waals surface area contributed by atoms with Crippen molar-refractivity contribution in [2.75, 3.05) is 300 Å². The Hall–Kier alpha value is -9.97. The summed E-state index contributed by atoms with van der Waals surface area (Å²) < 4.78 is 153. The van der Waals surface area contributed by atoms with E-state index < -0.39 is 46.3 Å². The third-order valence-corrected chi connectivity index (χ3v) is 22.3. The summed E-state index contributed by atoms with van der Waals surface area (Å²) in [4.78, 5) is 70.9. The van der Waals surface area contributed by atoms with Gasteiger partial charge in [-0.05, 0) is 144 Å². The van der Waals surface area contributed by atoms with Gasteiger partial charge < -0.3 is 160 Å². The van der Waals surface area contributed by atoms with Crippen molar-refractivity contribution in [3.8, 4) is 63.2 Å². The molecule has 0 aliphatic rings. The number of methoxy groups -OCH3 is 6. The second-order valence-corrected chi connectivity index (χ2v) is 32.9. The van der Waals surface area contributed by atoms with Crippen LogP contribution in [0.1, 0.15) is 99.1 Å². The van der Waals surface area contributed by atoms with Crippen LogP contribution >= 0.6 is 0 Å². The van der Waals surface area contributed by atoms with Gasteiger partial charge >= 0.3 is 46.6 Å². The molecule has 0 aliphatic heterocycles. The number of carbonyl (C=O) groups excluding carboxylic acids is 4. The van der Waals surface area contributed by atoms with Crippen LogP contribution in [0.4, 0.5) is 0 Å². The first-order valence-corrected chi connectivity index (χ1v) is 49.4. The zero-order chi connectivity index (χ0) is 103. The molecular formula is C106H144MnN7NaO33. The van der Waals surface area contributed by atoms with Crippen LogP contribution in [0.25, 0.3) is 32.7 Å². The quantitative estimate of drug-likeness (QED) is 0.0248. The summed E-state index contributed by atoms with van der Waals surface area (Å²) in [6.07, 6.45) is 6.65. The standard InChI is InChI=1S/C106H147N7O33.Mn.Na/c1-121-33-39-127-45-51-133-57-63-139-90-71-80(72-91(140-64-58-134-52-46-128-40-34-122-2)100(90)143-67-61-137-55-49-131-43-37-125-5)77-145-85-69-79(70-86(75-85)146-78-81-73-92(141-65-59-135-53-47-129-41-35-123-3)101(144-68-62-138-56-50-132-44-38-126-6)93(74-81)142-66-60-136-54-48-130-42-36-124-4)76-113-105(120)106(26-14-32-112-104(119)89-23-20-84-17-13-31-109-96(84)99(89)116,24-7-9-27-110-102(117)87-21-18-82-15-11-29-107-94(82)97(87)114)25-8-10-28-111-103(118)88-22-19-83-16-12-30-108-95(83)98(88)115;;/h11-13,15-23,29-31,69-75,114-116H,7-10,14,24-28,32-68,76-78H2,1-6H3,(H,110,117)(H,111,118)(H,112,119)(H,113,120);;/q;+2;+1/p-3. The summed E-state index contributed by atoms with van der Waals surface area (Å²) in [5.74, 6) is -1.59. The van der Waals surface area contributed by atoms with Gasteiger partial charge in [-0.1, -0.05) is 66.5 Å². The number of rotatable bonds is 86. The second kappa shape index (κ2) is 76.5. The Balaban J connectivity index is 0.0000148. The van der Waals surface area contributed by atoms with Gasteiger partial charge in [0.25, 0.3) is 17.7 Å². The van der Waals surface area contributed by atoms with E-state index in [2.05, 4.69) is 36.2 Å². The molecule has 3 aromatic heterocycles. The minimum Gasteiger partial charge on any atom is -0.870 e. The van der Waals surface area contributed by atoms with Crippen LogP contribution in [0.15, 0.2) is 134 Å². The van der Waals surface area contributed by atoms with E-state index in [9.17, 15) is 29.7 Å². The van der Waals surface area contributed by atoms with Crippen molar-refractivity contribution in [3.05, 3.63) is 167 Å². The Morgan fingerprint density at radius 3 is 0.824 bits per heavy atom. The molecule has 4 N–H and O–H groups in total. The monoisotopic (exact) mass is 2120 g/mol. The summed E-state index contributed by atoms with van der Waals surface area (Å²) in [6, 6.07) is 32.0. The van der Waals surface area contributed by atoms with Crippen LogP contribution in [0.2, 0.25) is 0 Å². The molecule has 0 spiro atoms. The number of nitrogens with zero attached hydrogens (tertiary/aromatic N) is 3. The van der Waals surface area contributed by atoms with Crippen molar-refractivity contribution < 1.29 is 204 Å². The molecule has 42 heteroatoms. The number of amides is 4. The Morgan fingerprint density at radius 1 is 0.284 bits per heavy atom. The van der Waals surface area contributed by atoms with Gasteiger partial charge in [-0.2, -0.15) is 0 Å². The third-order valence-electron chi connectivity index (χ3n) is 22.3. The van der Waals surface area contributed by atoms with Gasteiger partial charge in [0, 0.05) is 116 Å². The normalized spacial score (nSPS) is 11.3. The molecule has 9 aromatic rings. The first-order chi connectivity index (χ1) is 71.7. The van der Waals surface area contributed by atoms with E-state index in [4.69, 9.17) is 123 Å². The third kappa shape index (κ3) is 46.5. The van der Waals surface area contributed by atoms with E-state index in [0.717, 1.165) is 0 Å². The second-order valence-electron chi connectivity index (χ2n) is 32.9. The molecule has 6 aromatic carbocycles. The summed E-state index contributed by atoms with van der Waals surface area (Å²) in [7, 11) is 9.59. The van der Waals surface area contributed by atoms with Crippen LogP contribution in [-0.2, 0) is 127 Å². The van der Waals surface area contributed by atoms with E-state index in [-0.39, 0.29) is 310 Å². The van der Waals surface area contributed by atoms with Gasteiger partial charge in [-0.15, -0.1) is 0 Å². The van der Waals surface area contributed by atoms with Crippen LogP contribution in [-0.4, -0.2) is 339 Å². The first-order valence-electron chi connectivity index (χ1n) is 49.4. The fourth-order valence-electron chi connectivity index (χ4n) is 14.9. The number of aromatic nitrogens is 3. The summed E-state index contributed by atoms with van der Waals surface area (Å²) in [6.45, 7) is 9.88. The molecule has 4 amide bonds. The molecule has 0 unspecified atom stereocenters. The van der Waals surface area contributed by atoms with Crippen LogP contribution in [0.5, 0.6) is 63.2 Å². The van der Waals surface area contributed by atoms with Crippen LogP contribution in [0, 0.1) is 5.41 Å². The molecule has 0 saturated heterocycles. The summed E-state index contributed by atoms with van der Waals surface area (Å²) in [5.41, 5.74) is 0.513. The molecule has 0 fully saturated rings. The predicted octanol–water partition coefficient (Wildman–Crippen LogP) is 6.08. The van der Waals surface area contributed by atoms with E-state index in [1.54, 1.807) is 140 Å². The maximum Gasteiger partial charge on any atom is 2.00 e. The molecular weight excluding hydrogens is 1980 g/mol. The van der Waals surface area contributed by atoms with E-state index in [1.807, 2.05) is 0 Å². The first kappa shape index (κ1) is 125. The number of unbranched alkanes of at least 4 members (excludes halogenated alkanes) is 2. The maximum absolute atomic E-state index is 16.2. The molecule has 0 saturated carbocycles. The van der Waals surface area contributed by atoms with Gasteiger partial charge in [0.1, 0.15) is 64.4 Å². The summed E-state index contributed by atoms with van der Waals surface area (Å²) in [5, 5.41) is 54.9. The van der Waals surface area contributed by atoms with E-state index in [1.165, 1.54) is 36.8 Å². The minimum atomic E-state index is -1.27. The van der Waals surface area contributed by atoms with Gasteiger partial charge in [0.2, 0.25) is 17.4 Å². The van der Waals surface area contributed by atoms with Gasteiger partial charge in [-0.3, -0.25) is 34.1 Å². The molecule has 0 bridgehead atoms. The fraction of sp³-hybridized carbons (Fsp3) is 0.538. The number of fused-ring (bicyclic) bond motifs is 3. The molecule has 148 heavy (non-hydrogen) atoms. The van der Waals surface area contributed by atoms with Crippen molar-refractivity contribution >= 4 is 56.3 Å². The van der Waals surface area contributed by atoms with Crippen molar-refractivity contribution in [2.45, 2.75) is 71.1 Å². The Morgan fingerprint density at radius 2 is 0.541 bits per heavy atom. The average Bonchev–Trinajstić information content (AvgIpc) is 0.808. The van der Waals surface area contributed by atoms with Crippen molar-refractivity contribution in [1.82, 2.24) is 36.2 Å². The number of hydrogen-bond donors (Lipinski definition) is 4. The fourth-order valence-corrected chi connectivity index (χ4v) is 14.9. The molecule has 3 heterocycles. The summed E-state index contributed by atoms with van der Waals surface area (Å²) >= 11 is 0. The van der Waals surface area contributed by atoms with Crippen molar-refractivity contribution in [2.24, 2.45) is 5.41 Å². The number of pyridine rings is 3. The Labute approximate surface area is 898 Å². The van der Waals surface area contributed by atoms with E-state index >= 15 is 4.79 Å². The van der Waals surface area contributed by atoms with E-state index in [0.29, 0.717) is 177 Å². The predicted molar refractivity (Wildman–Crippen MR) is 534 cm³/mol. The zero-order valence-electron chi connectivity index (χ0n) is 86.2. The Bertz CT molecular complexity index is 4890. The number of ether oxygens (including phenoxy) is 26. The van der Waals surface area contributed by atoms with Crippen molar-refractivity contribution in [1.29, 1.82) is 0 Å². The average molecular weight is 2120 g/mol. The molecule has 809 valence electrons. The number of hydrogen-bond acceptors (Lipinski definition) is 36. The van der Waals surface area contributed by atoms with Gasteiger partial charge in [-0.25, -0.2) is 0 Å². The SMILES string of the molecule is COCCOCCOCCOc1cc(COc2cc(CNC(=O)C(CCCCNC(=O)c3ccc4cccnc4c3[O-])(CCCCNC(=O)c3ccc4cccnc4c3[O-])CCCNC(=O)c3ccc4cccnc4c3[O-])cc(OCc3cc(OCCOCCOCCOC)c(OCCOCCOCCOC)c(OCCOCCOCCOC)c3)c2)cc(OCCOCCOCCOC)c1OCCOCCOCCOC.[Mn+2].[Na+]. The molecule has 1 radical (unpaired) electrons. The molecule has 9 rings (SSSR count). The maximum atomic E-state index is 16.2. The minimum absolute atomic E-state index is 0. The molecule has 0 aliphatic carbocycles. The Kier molecular flexibility index (Phi) is 64.6. The number of benzene rings is 6. The largest absolute Gasteiger partial charge is 2.00 e. The zero-order valence-corrected chi connectivity index (χ0v) is 89.4. The van der Waals surface area contributed by atoms with Crippen LogP contribution < -0.4 is 104 Å². The van der Waals surface area contributed by atoms with Gasteiger partial charge in [0.05, 0.1) is 215 Å². The number of nitrogens with one attached hydrogen (secondary N) is 4.